The Bertz CT molecular complexity index is 868. The number of carbonyl (C=O) groups is 2. The summed E-state index contributed by atoms with van der Waals surface area (Å²) < 4.78 is 10.6. The van der Waals surface area contributed by atoms with Crippen LogP contribution in [0.3, 0.4) is 0 Å². The maximum absolute atomic E-state index is 12.2. The van der Waals surface area contributed by atoms with E-state index >= 15 is 0 Å². The van der Waals surface area contributed by atoms with Crippen LogP contribution in [0.15, 0.2) is 40.9 Å². The van der Waals surface area contributed by atoms with Gasteiger partial charge in [0.25, 0.3) is 5.69 Å². The summed E-state index contributed by atoms with van der Waals surface area (Å²) in [6.45, 7) is -0.487. The molecule has 2 aromatic carbocycles. The Morgan fingerprint density at radius 1 is 1.19 bits per heavy atom. The molecule has 136 valence electrons. The predicted octanol–water partition coefficient (Wildman–Crippen LogP) is 3.45. The number of anilines is 1. The van der Waals surface area contributed by atoms with E-state index < -0.39 is 23.3 Å². The van der Waals surface area contributed by atoms with E-state index in [4.69, 9.17) is 9.47 Å². The highest BCUT2D eigenvalue weighted by molar-refractivity contribution is 9.10. The van der Waals surface area contributed by atoms with Crippen LogP contribution >= 0.6 is 15.9 Å². The van der Waals surface area contributed by atoms with Crippen molar-refractivity contribution in [3.8, 4) is 5.75 Å². The molecule has 1 N–H and O–H groups in total. The first-order valence-corrected chi connectivity index (χ1v) is 8.16. The SMILES string of the molecule is CNc1ccc(C(=O)OCC(=O)c2ccc(OC)c(Br)c2)cc1[N+](=O)[O-]. The molecule has 0 heterocycles. The number of ether oxygens (including phenoxy) is 2. The molecule has 0 saturated heterocycles. The van der Waals surface area contributed by atoms with Crippen molar-refractivity contribution in [1.82, 2.24) is 0 Å². The van der Waals surface area contributed by atoms with Crippen LogP contribution in [-0.4, -0.2) is 37.4 Å². The van der Waals surface area contributed by atoms with Gasteiger partial charge in [-0.25, -0.2) is 4.79 Å². The van der Waals surface area contributed by atoms with E-state index in [0.717, 1.165) is 6.07 Å². The summed E-state index contributed by atoms with van der Waals surface area (Å²) in [4.78, 5) is 34.7. The third kappa shape index (κ3) is 4.37. The van der Waals surface area contributed by atoms with Gasteiger partial charge >= 0.3 is 5.97 Å². The molecule has 0 radical (unpaired) electrons. The molecule has 2 aromatic rings. The highest BCUT2D eigenvalue weighted by Gasteiger charge is 2.19. The first kappa shape index (κ1) is 19.4. The Kier molecular flexibility index (Phi) is 6.29. The lowest BCUT2D eigenvalue weighted by Gasteiger charge is -2.08. The second kappa shape index (κ2) is 8.43. The van der Waals surface area contributed by atoms with E-state index in [-0.39, 0.29) is 16.9 Å². The minimum atomic E-state index is -0.823. The molecule has 0 spiro atoms. The lowest BCUT2D eigenvalue weighted by Crippen LogP contribution is -2.14. The van der Waals surface area contributed by atoms with E-state index in [2.05, 4.69) is 21.2 Å². The summed E-state index contributed by atoms with van der Waals surface area (Å²) in [5.74, 6) is -0.671. The van der Waals surface area contributed by atoms with Crippen LogP contribution in [0, 0.1) is 10.1 Å². The quantitative estimate of drug-likeness (QED) is 0.315. The number of carbonyl (C=O) groups excluding carboxylic acids is 2. The average molecular weight is 423 g/mol. The van der Waals surface area contributed by atoms with E-state index in [1.807, 2.05) is 0 Å². The lowest BCUT2D eigenvalue weighted by molar-refractivity contribution is -0.384. The molecule has 0 aliphatic rings. The Morgan fingerprint density at radius 3 is 2.46 bits per heavy atom. The maximum atomic E-state index is 12.2. The van der Waals surface area contributed by atoms with Crippen LogP contribution in [0.5, 0.6) is 5.75 Å². The number of ketones is 1. The largest absolute Gasteiger partial charge is 0.496 e. The Morgan fingerprint density at radius 2 is 1.88 bits per heavy atom. The van der Waals surface area contributed by atoms with Crippen molar-refractivity contribution in [3.05, 3.63) is 62.1 Å². The number of halogens is 1. The van der Waals surface area contributed by atoms with Crippen molar-refractivity contribution in [1.29, 1.82) is 0 Å². The van der Waals surface area contributed by atoms with Crippen LogP contribution in [0.1, 0.15) is 20.7 Å². The van der Waals surface area contributed by atoms with Gasteiger partial charge in [-0.15, -0.1) is 0 Å². The first-order valence-electron chi connectivity index (χ1n) is 7.37. The van der Waals surface area contributed by atoms with E-state index in [9.17, 15) is 19.7 Å². The summed E-state index contributed by atoms with van der Waals surface area (Å²) in [6, 6.07) is 8.60. The fraction of sp³-hybridized carbons (Fsp3) is 0.176. The van der Waals surface area contributed by atoms with E-state index in [1.54, 1.807) is 18.2 Å². The zero-order valence-electron chi connectivity index (χ0n) is 13.9. The van der Waals surface area contributed by atoms with Crippen LogP contribution in [-0.2, 0) is 4.74 Å². The van der Waals surface area contributed by atoms with Gasteiger partial charge in [0, 0.05) is 18.7 Å². The van der Waals surface area contributed by atoms with Crippen molar-refractivity contribution in [2.45, 2.75) is 0 Å². The average Bonchev–Trinajstić information content (AvgIpc) is 2.64. The molecule has 0 aliphatic carbocycles. The molecule has 9 heteroatoms. The summed E-state index contributed by atoms with van der Waals surface area (Å²) in [5, 5.41) is 13.7. The number of nitrogens with one attached hydrogen (secondary N) is 1. The Balaban J connectivity index is 2.08. The number of nitro groups is 1. The molecule has 0 atom stereocenters. The molecule has 26 heavy (non-hydrogen) atoms. The van der Waals surface area contributed by atoms with E-state index in [1.165, 1.54) is 26.3 Å². The van der Waals surface area contributed by atoms with Gasteiger partial charge in [-0.1, -0.05) is 0 Å². The maximum Gasteiger partial charge on any atom is 0.338 e. The number of hydrogen-bond acceptors (Lipinski definition) is 7. The topological polar surface area (TPSA) is 108 Å². The molecule has 0 bridgehead atoms. The number of benzene rings is 2. The highest BCUT2D eigenvalue weighted by atomic mass is 79.9. The fourth-order valence-electron chi connectivity index (χ4n) is 2.16. The van der Waals surface area contributed by atoms with Crippen LogP contribution < -0.4 is 10.1 Å². The number of nitrogens with zero attached hydrogens (tertiary/aromatic N) is 1. The summed E-state index contributed by atoms with van der Waals surface area (Å²) in [5.41, 5.74) is 0.333. The van der Waals surface area contributed by atoms with Gasteiger partial charge in [-0.3, -0.25) is 14.9 Å². The zero-order chi connectivity index (χ0) is 19.3. The first-order chi connectivity index (χ1) is 12.4. The van der Waals surface area contributed by atoms with Crippen molar-refractivity contribution < 1.29 is 24.0 Å². The molecular formula is C17H15BrN2O6. The van der Waals surface area contributed by atoms with Gasteiger partial charge in [0.15, 0.2) is 12.4 Å². The molecule has 0 amide bonds. The molecule has 0 saturated carbocycles. The van der Waals surface area contributed by atoms with Crippen LogP contribution in [0.4, 0.5) is 11.4 Å². The molecule has 2 rings (SSSR count). The molecule has 0 aliphatic heterocycles. The normalized spacial score (nSPS) is 10.1. The van der Waals surface area contributed by atoms with Crippen LogP contribution in [0.2, 0.25) is 0 Å². The number of Topliss-reactive ketones (excluding diaryl/α,β-unsaturated/α-hetero) is 1. The summed E-state index contributed by atoms with van der Waals surface area (Å²) in [6.07, 6.45) is 0. The second-order valence-electron chi connectivity index (χ2n) is 5.09. The molecule has 8 nitrogen and oxygen atoms in total. The van der Waals surface area contributed by atoms with Crippen molar-refractivity contribution in [2.75, 3.05) is 26.1 Å². The van der Waals surface area contributed by atoms with Crippen molar-refractivity contribution >= 4 is 39.1 Å². The number of rotatable bonds is 7. The number of esters is 1. The zero-order valence-corrected chi connectivity index (χ0v) is 15.5. The van der Waals surface area contributed by atoms with Gasteiger partial charge in [0.05, 0.1) is 22.1 Å². The highest BCUT2D eigenvalue weighted by Crippen LogP contribution is 2.26. The molecule has 0 unspecified atom stereocenters. The van der Waals surface area contributed by atoms with Gasteiger partial charge < -0.3 is 14.8 Å². The second-order valence-corrected chi connectivity index (χ2v) is 5.94. The minimum Gasteiger partial charge on any atom is -0.496 e. The fourth-order valence-corrected chi connectivity index (χ4v) is 2.70. The molecule has 0 fully saturated rings. The smallest absolute Gasteiger partial charge is 0.338 e. The van der Waals surface area contributed by atoms with Gasteiger partial charge in [-0.2, -0.15) is 0 Å². The Hall–Kier alpha value is -2.94. The number of nitro benzene ring substituents is 1. The van der Waals surface area contributed by atoms with Gasteiger partial charge in [0.2, 0.25) is 0 Å². The third-order valence-corrected chi connectivity index (χ3v) is 4.13. The number of hydrogen-bond donors (Lipinski definition) is 1. The monoisotopic (exact) mass is 422 g/mol. The number of methoxy groups -OCH3 is 1. The predicted molar refractivity (Wildman–Crippen MR) is 98.0 cm³/mol. The van der Waals surface area contributed by atoms with Crippen LogP contribution in [0.25, 0.3) is 0 Å². The van der Waals surface area contributed by atoms with Gasteiger partial charge in [-0.05, 0) is 46.3 Å². The standard InChI is InChI=1S/C17H15BrN2O6/c1-19-13-5-3-11(8-14(13)20(23)24)17(22)26-9-15(21)10-4-6-16(25-2)12(18)7-10/h3-8,19H,9H2,1-2H3. The van der Waals surface area contributed by atoms with Gasteiger partial charge in [0.1, 0.15) is 11.4 Å². The summed E-state index contributed by atoms with van der Waals surface area (Å²) in [7, 11) is 3.04. The lowest BCUT2D eigenvalue weighted by atomic mass is 10.1. The third-order valence-electron chi connectivity index (χ3n) is 3.51. The Labute approximate surface area is 157 Å². The van der Waals surface area contributed by atoms with E-state index in [0.29, 0.717) is 15.8 Å². The van der Waals surface area contributed by atoms with Crippen molar-refractivity contribution in [3.63, 3.8) is 0 Å². The summed E-state index contributed by atoms with van der Waals surface area (Å²) >= 11 is 3.27. The molecular weight excluding hydrogens is 408 g/mol. The molecule has 0 aromatic heterocycles. The van der Waals surface area contributed by atoms with Crippen molar-refractivity contribution in [2.24, 2.45) is 0 Å². The minimum absolute atomic E-state index is 0.0144.